The molecule has 1 aromatic rings. The summed E-state index contributed by atoms with van der Waals surface area (Å²) in [5, 5.41) is 3.95. The van der Waals surface area contributed by atoms with E-state index in [0.717, 1.165) is 35.5 Å². The van der Waals surface area contributed by atoms with Gasteiger partial charge in [-0.25, -0.2) is 4.98 Å². The lowest BCUT2D eigenvalue weighted by molar-refractivity contribution is -0.169. The molecule has 1 fully saturated rings. The molecule has 0 N–H and O–H groups in total. The van der Waals surface area contributed by atoms with Gasteiger partial charge in [0.05, 0.1) is 17.6 Å². The van der Waals surface area contributed by atoms with Crippen LogP contribution in [-0.2, 0) is 21.4 Å². The average Bonchev–Trinajstić information content (AvgIpc) is 2.76. The van der Waals surface area contributed by atoms with Gasteiger partial charge in [-0.3, -0.25) is 0 Å². The SMILES string of the molecule is BrCc1nc(COC2CCCCO2)cs1. The van der Waals surface area contributed by atoms with Crippen LogP contribution in [0.5, 0.6) is 0 Å². The number of alkyl halides is 1. The number of ether oxygens (including phenoxy) is 2. The maximum absolute atomic E-state index is 5.63. The van der Waals surface area contributed by atoms with Crippen LogP contribution < -0.4 is 0 Å². The summed E-state index contributed by atoms with van der Waals surface area (Å²) in [6.45, 7) is 1.39. The Balaban J connectivity index is 1.76. The molecule has 1 atom stereocenters. The van der Waals surface area contributed by atoms with E-state index >= 15 is 0 Å². The van der Waals surface area contributed by atoms with Crippen molar-refractivity contribution in [1.29, 1.82) is 0 Å². The van der Waals surface area contributed by atoms with Crippen molar-refractivity contribution >= 4 is 27.3 Å². The molecule has 1 unspecified atom stereocenters. The van der Waals surface area contributed by atoms with Gasteiger partial charge in [-0.1, -0.05) is 15.9 Å². The molecule has 0 bridgehead atoms. The summed E-state index contributed by atoms with van der Waals surface area (Å²) in [5.74, 6) is 0. The van der Waals surface area contributed by atoms with Gasteiger partial charge in [-0.2, -0.15) is 0 Å². The Morgan fingerprint density at radius 3 is 3.20 bits per heavy atom. The summed E-state index contributed by atoms with van der Waals surface area (Å²) < 4.78 is 11.1. The van der Waals surface area contributed by atoms with Crippen molar-refractivity contribution in [3.8, 4) is 0 Å². The van der Waals surface area contributed by atoms with E-state index in [1.54, 1.807) is 11.3 Å². The molecule has 0 radical (unpaired) electrons. The van der Waals surface area contributed by atoms with Crippen molar-refractivity contribution in [2.75, 3.05) is 6.61 Å². The summed E-state index contributed by atoms with van der Waals surface area (Å²) in [5.41, 5.74) is 1.00. The first-order chi connectivity index (χ1) is 7.38. The van der Waals surface area contributed by atoms with Gasteiger partial charge in [0.15, 0.2) is 6.29 Å². The molecule has 1 aromatic heterocycles. The Hall–Kier alpha value is 0.0300. The van der Waals surface area contributed by atoms with E-state index in [4.69, 9.17) is 9.47 Å². The fourth-order valence-corrected chi connectivity index (χ4v) is 2.65. The predicted octanol–water partition coefficient (Wildman–Crippen LogP) is 3.08. The quantitative estimate of drug-likeness (QED) is 0.799. The number of hydrogen-bond donors (Lipinski definition) is 0. The van der Waals surface area contributed by atoms with Gasteiger partial charge >= 0.3 is 0 Å². The normalized spacial score (nSPS) is 21.8. The molecule has 2 heterocycles. The summed E-state index contributed by atoms with van der Waals surface area (Å²) in [6, 6.07) is 0. The largest absolute Gasteiger partial charge is 0.353 e. The highest BCUT2D eigenvalue weighted by Gasteiger charge is 2.14. The topological polar surface area (TPSA) is 31.4 Å². The summed E-state index contributed by atoms with van der Waals surface area (Å²) in [7, 11) is 0. The maximum Gasteiger partial charge on any atom is 0.158 e. The molecule has 15 heavy (non-hydrogen) atoms. The first-order valence-corrected chi connectivity index (χ1v) is 7.11. The highest BCUT2D eigenvalue weighted by atomic mass is 79.9. The Morgan fingerprint density at radius 1 is 1.60 bits per heavy atom. The minimum Gasteiger partial charge on any atom is -0.353 e. The van der Waals surface area contributed by atoms with Crippen LogP contribution in [0.25, 0.3) is 0 Å². The van der Waals surface area contributed by atoms with E-state index in [1.807, 2.05) is 5.38 Å². The van der Waals surface area contributed by atoms with Crippen LogP contribution >= 0.6 is 27.3 Å². The van der Waals surface area contributed by atoms with Gasteiger partial charge in [0, 0.05) is 12.0 Å². The van der Waals surface area contributed by atoms with Crippen molar-refractivity contribution in [1.82, 2.24) is 4.98 Å². The number of aromatic nitrogens is 1. The lowest BCUT2D eigenvalue weighted by atomic mass is 10.2. The van der Waals surface area contributed by atoms with Gasteiger partial charge in [-0.15, -0.1) is 11.3 Å². The first-order valence-electron chi connectivity index (χ1n) is 5.11. The predicted molar refractivity (Wildman–Crippen MR) is 63.1 cm³/mol. The zero-order valence-electron chi connectivity index (χ0n) is 8.45. The van der Waals surface area contributed by atoms with E-state index in [1.165, 1.54) is 6.42 Å². The number of nitrogens with zero attached hydrogens (tertiary/aromatic N) is 1. The maximum atomic E-state index is 5.63. The lowest BCUT2D eigenvalue weighted by Crippen LogP contribution is -2.22. The molecule has 1 aliphatic rings. The Morgan fingerprint density at radius 2 is 2.53 bits per heavy atom. The standard InChI is InChI=1S/C10H14BrNO2S/c11-5-9-12-8(7-15-9)6-14-10-3-1-2-4-13-10/h7,10H,1-6H2. The number of halogens is 1. The molecular formula is C10H14BrNO2S. The molecule has 0 spiro atoms. The third-order valence-electron chi connectivity index (χ3n) is 2.27. The van der Waals surface area contributed by atoms with Crippen molar-refractivity contribution < 1.29 is 9.47 Å². The minimum atomic E-state index is -0.0205. The van der Waals surface area contributed by atoms with Crippen LogP contribution in [0.4, 0.5) is 0 Å². The smallest absolute Gasteiger partial charge is 0.158 e. The Labute approximate surface area is 102 Å². The third kappa shape index (κ3) is 3.52. The summed E-state index contributed by atoms with van der Waals surface area (Å²) in [4.78, 5) is 4.40. The van der Waals surface area contributed by atoms with Gasteiger partial charge in [-0.05, 0) is 19.3 Å². The van der Waals surface area contributed by atoms with Crippen LogP contribution in [-0.4, -0.2) is 17.9 Å². The van der Waals surface area contributed by atoms with E-state index < -0.39 is 0 Å². The number of thiazole rings is 1. The van der Waals surface area contributed by atoms with E-state index in [9.17, 15) is 0 Å². The van der Waals surface area contributed by atoms with Crippen molar-refractivity contribution in [3.63, 3.8) is 0 Å². The zero-order chi connectivity index (χ0) is 10.5. The Bertz CT molecular complexity index is 299. The molecular weight excluding hydrogens is 278 g/mol. The average molecular weight is 292 g/mol. The Kier molecular flexibility index (Phi) is 4.56. The first kappa shape index (κ1) is 11.5. The second-order valence-electron chi connectivity index (χ2n) is 3.47. The van der Waals surface area contributed by atoms with Crippen LogP contribution in [0, 0.1) is 0 Å². The molecule has 5 heteroatoms. The van der Waals surface area contributed by atoms with Crippen LogP contribution in [0.1, 0.15) is 30.0 Å². The van der Waals surface area contributed by atoms with E-state index in [-0.39, 0.29) is 6.29 Å². The zero-order valence-corrected chi connectivity index (χ0v) is 10.8. The van der Waals surface area contributed by atoms with Gasteiger partial charge in [0.1, 0.15) is 5.01 Å². The van der Waals surface area contributed by atoms with Crippen molar-refractivity contribution in [2.45, 2.75) is 37.5 Å². The highest BCUT2D eigenvalue weighted by Crippen LogP contribution is 2.17. The van der Waals surface area contributed by atoms with Gasteiger partial charge in [0.2, 0.25) is 0 Å². The summed E-state index contributed by atoms with van der Waals surface area (Å²) >= 11 is 5.04. The lowest BCUT2D eigenvalue weighted by Gasteiger charge is -2.22. The number of rotatable bonds is 4. The second kappa shape index (κ2) is 5.94. The molecule has 2 rings (SSSR count). The van der Waals surface area contributed by atoms with Crippen molar-refractivity contribution in [2.24, 2.45) is 0 Å². The fraction of sp³-hybridized carbons (Fsp3) is 0.700. The fourth-order valence-electron chi connectivity index (χ4n) is 1.50. The molecule has 3 nitrogen and oxygen atoms in total. The van der Waals surface area contributed by atoms with E-state index in [0.29, 0.717) is 6.61 Å². The van der Waals surface area contributed by atoms with Crippen LogP contribution in [0.3, 0.4) is 0 Å². The molecule has 0 saturated carbocycles. The molecule has 1 aliphatic heterocycles. The molecule has 84 valence electrons. The summed E-state index contributed by atoms with van der Waals surface area (Å²) in [6.07, 6.45) is 3.35. The second-order valence-corrected chi connectivity index (χ2v) is 4.98. The molecule has 0 amide bonds. The number of hydrogen-bond acceptors (Lipinski definition) is 4. The van der Waals surface area contributed by atoms with Gasteiger partial charge in [0.25, 0.3) is 0 Å². The van der Waals surface area contributed by atoms with Crippen LogP contribution in [0.2, 0.25) is 0 Å². The highest BCUT2D eigenvalue weighted by molar-refractivity contribution is 9.08. The minimum absolute atomic E-state index is 0.0205. The van der Waals surface area contributed by atoms with Crippen molar-refractivity contribution in [3.05, 3.63) is 16.1 Å². The molecule has 0 aromatic carbocycles. The molecule has 0 aliphatic carbocycles. The van der Waals surface area contributed by atoms with Crippen LogP contribution in [0.15, 0.2) is 5.38 Å². The van der Waals surface area contributed by atoms with Gasteiger partial charge < -0.3 is 9.47 Å². The molecule has 1 saturated heterocycles. The monoisotopic (exact) mass is 291 g/mol. The van der Waals surface area contributed by atoms with E-state index in [2.05, 4.69) is 20.9 Å². The third-order valence-corrected chi connectivity index (χ3v) is 4.07.